The molecule has 2 aliphatic heterocycles. The Morgan fingerprint density at radius 2 is 1.95 bits per heavy atom. The Labute approximate surface area is 116 Å². The van der Waals surface area contributed by atoms with Gasteiger partial charge in [0, 0.05) is 13.1 Å². The van der Waals surface area contributed by atoms with Crippen LogP contribution >= 0.6 is 0 Å². The van der Waals surface area contributed by atoms with Gasteiger partial charge in [0.25, 0.3) is 0 Å². The summed E-state index contributed by atoms with van der Waals surface area (Å²) in [4.78, 5) is 28.3. The van der Waals surface area contributed by atoms with Gasteiger partial charge in [0.05, 0.1) is 0 Å². The summed E-state index contributed by atoms with van der Waals surface area (Å²) in [7, 11) is 0. The van der Waals surface area contributed by atoms with E-state index in [0.29, 0.717) is 5.92 Å². The predicted octanol–water partition coefficient (Wildman–Crippen LogP) is 2.03. The molecule has 2 atom stereocenters. The first-order valence-electron chi connectivity index (χ1n) is 7.63. The lowest BCUT2D eigenvalue weighted by molar-refractivity contribution is -0.158. The van der Waals surface area contributed by atoms with Gasteiger partial charge in [0.15, 0.2) is 0 Å². The second-order valence-electron chi connectivity index (χ2n) is 6.29. The molecule has 0 aromatic heterocycles. The standard InChI is InChI=1S/C15H26N2O2/c1-11(2)7-4-5-9-16-12(3)14(18)17-10-6-8-13(17)15(16)19/h11-13H,4-10H2,1-3H3. The van der Waals surface area contributed by atoms with Gasteiger partial charge in [-0.15, -0.1) is 0 Å². The zero-order chi connectivity index (χ0) is 14.0. The van der Waals surface area contributed by atoms with Crippen LogP contribution in [0.5, 0.6) is 0 Å². The quantitative estimate of drug-likeness (QED) is 0.714. The summed E-state index contributed by atoms with van der Waals surface area (Å²) >= 11 is 0. The molecule has 4 nitrogen and oxygen atoms in total. The average molecular weight is 266 g/mol. The first-order valence-corrected chi connectivity index (χ1v) is 7.63. The monoisotopic (exact) mass is 266 g/mol. The van der Waals surface area contributed by atoms with E-state index in [9.17, 15) is 9.59 Å². The van der Waals surface area contributed by atoms with Crippen molar-refractivity contribution in [1.82, 2.24) is 9.80 Å². The molecule has 2 unspecified atom stereocenters. The van der Waals surface area contributed by atoms with E-state index in [1.807, 2.05) is 11.8 Å². The van der Waals surface area contributed by atoms with E-state index >= 15 is 0 Å². The van der Waals surface area contributed by atoms with E-state index in [-0.39, 0.29) is 23.9 Å². The summed E-state index contributed by atoms with van der Waals surface area (Å²) in [6.07, 6.45) is 5.15. The van der Waals surface area contributed by atoms with Gasteiger partial charge in [0.2, 0.25) is 11.8 Å². The number of fused-ring (bicyclic) bond motifs is 1. The Morgan fingerprint density at radius 1 is 1.21 bits per heavy atom. The summed E-state index contributed by atoms with van der Waals surface area (Å²) < 4.78 is 0. The second-order valence-corrected chi connectivity index (χ2v) is 6.29. The third-order valence-electron chi connectivity index (χ3n) is 4.36. The Morgan fingerprint density at radius 3 is 2.63 bits per heavy atom. The molecule has 0 N–H and O–H groups in total. The Balaban J connectivity index is 1.92. The number of carbonyl (C=O) groups excluding carboxylic acids is 2. The molecule has 0 aromatic rings. The fourth-order valence-electron chi connectivity index (χ4n) is 3.18. The zero-order valence-corrected chi connectivity index (χ0v) is 12.4. The minimum atomic E-state index is -0.263. The van der Waals surface area contributed by atoms with E-state index in [4.69, 9.17) is 0 Å². The van der Waals surface area contributed by atoms with Crippen LogP contribution in [0.15, 0.2) is 0 Å². The van der Waals surface area contributed by atoms with Crippen LogP contribution in [0.2, 0.25) is 0 Å². The van der Waals surface area contributed by atoms with Crippen molar-refractivity contribution in [2.75, 3.05) is 13.1 Å². The van der Waals surface area contributed by atoms with E-state index in [1.54, 1.807) is 4.90 Å². The minimum absolute atomic E-state index is 0.144. The van der Waals surface area contributed by atoms with Gasteiger partial charge < -0.3 is 9.80 Å². The van der Waals surface area contributed by atoms with E-state index in [2.05, 4.69) is 13.8 Å². The number of piperazine rings is 1. The number of amides is 2. The van der Waals surface area contributed by atoms with Crippen molar-refractivity contribution < 1.29 is 9.59 Å². The SMILES string of the molecule is CC(C)CCCCN1C(=O)C2CCCN2C(=O)C1C. The van der Waals surface area contributed by atoms with Crippen LogP contribution in [0.4, 0.5) is 0 Å². The van der Waals surface area contributed by atoms with Gasteiger partial charge >= 0.3 is 0 Å². The summed E-state index contributed by atoms with van der Waals surface area (Å²) in [5, 5.41) is 0. The van der Waals surface area contributed by atoms with Crippen molar-refractivity contribution in [2.45, 2.75) is 65.0 Å². The van der Waals surface area contributed by atoms with Gasteiger partial charge in [-0.25, -0.2) is 0 Å². The molecule has 4 heteroatoms. The van der Waals surface area contributed by atoms with Crippen LogP contribution in [0.1, 0.15) is 52.9 Å². The molecule has 0 aliphatic carbocycles. The summed E-state index contributed by atoms with van der Waals surface area (Å²) in [5.74, 6) is 1.03. The molecule has 108 valence electrons. The van der Waals surface area contributed by atoms with Crippen LogP contribution in [0.25, 0.3) is 0 Å². The fraction of sp³-hybridized carbons (Fsp3) is 0.867. The zero-order valence-electron chi connectivity index (χ0n) is 12.4. The highest BCUT2D eigenvalue weighted by atomic mass is 16.2. The number of nitrogens with zero attached hydrogens (tertiary/aromatic N) is 2. The predicted molar refractivity (Wildman–Crippen MR) is 74.6 cm³/mol. The lowest BCUT2D eigenvalue weighted by atomic mass is 10.0. The van der Waals surface area contributed by atoms with E-state index in [1.165, 1.54) is 6.42 Å². The smallest absolute Gasteiger partial charge is 0.246 e. The molecule has 2 fully saturated rings. The van der Waals surface area contributed by atoms with Crippen molar-refractivity contribution in [1.29, 1.82) is 0 Å². The second kappa shape index (κ2) is 5.93. The Kier molecular flexibility index (Phi) is 4.48. The lowest BCUT2D eigenvalue weighted by Crippen LogP contribution is -2.61. The third-order valence-corrected chi connectivity index (χ3v) is 4.36. The van der Waals surface area contributed by atoms with Gasteiger partial charge in [-0.3, -0.25) is 9.59 Å². The van der Waals surface area contributed by atoms with Gasteiger partial charge in [0.1, 0.15) is 12.1 Å². The molecule has 2 rings (SSSR count). The van der Waals surface area contributed by atoms with Gasteiger partial charge in [-0.1, -0.05) is 26.7 Å². The van der Waals surface area contributed by atoms with Crippen LogP contribution in [-0.4, -0.2) is 46.8 Å². The maximum Gasteiger partial charge on any atom is 0.246 e. The maximum absolute atomic E-state index is 12.4. The molecule has 0 saturated carbocycles. The van der Waals surface area contributed by atoms with Gasteiger partial charge in [-0.2, -0.15) is 0 Å². The molecular formula is C15H26N2O2. The van der Waals surface area contributed by atoms with E-state index in [0.717, 1.165) is 38.8 Å². The summed E-state index contributed by atoms with van der Waals surface area (Å²) in [5.41, 5.74) is 0. The number of carbonyl (C=O) groups is 2. The molecule has 0 bridgehead atoms. The van der Waals surface area contributed by atoms with Crippen LogP contribution in [-0.2, 0) is 9.59 Å². The van der Waals surface area contributed by atoms with Crippen molar-refractivity contribution in [2.24, 2.45) is 5.92 Å². The molecular weight excluding hydrogens is 240 g/mol. The van der Waals surface area contributed by atoms with Crippen LogP contribution in [0.3, 0.4) is 0 Å². The van der Waals surface area contributed by atoms with Crippen molar-refractivity contribution in [3.8, 4) is 0 Å². The summed E-state index contributed by atoms with van der Waals surface area (Å²) in [6, 6.07) is -0.422. The third kappa shape index (κ3) is 2.93. The van der Waals surface area contributed by atoms with Gasteiger partial charge in [-0.05, 0) is 32.1 Å². The van der Waals surface area contributed by atoms with Crippen molar-refractivity contribution >= 4 is 11.8 Å². The molecule has 0 spiro atoms. The molecule has 2 aliphatic rings. The highest BCUT2D eigenvalue weighted by molar-refractivity contribution is 5.97. The Bertz CT molecular complexity index is 354. The lowest BCUT2D eigenvalue weighted by Gasteiger charge is -2.41. The van der Waals surface area contributed by atoms with Crippen LogP contribution < -0.4 is 0 Å². The highest BCUT2D eigenvalue weighted by Gasteiger charge is 2.45. The normalized spacial score (nSPS) is 27.4. The molecule has 2 heterocycles. The molecule has 19 heavy (non-hydrogen) atoms. The summed E-state index contributed by atoms with van der Waals surface area (Å²) in [6.45, 7) is 7.81. The molecule has 0 radical (unpaired) electrons. The molecule has 2 saturated heterocycles. The van der Waals surface area contributed by atoms with Crippen molar-refractivity contribution in [3.63, 3.8) is 0 Å². The molecule has 0 aromatic carbocycles. The number of hydrogen-bond donors (Lipinski definition) is 0. The number of unbranched alkanes of at least 4 members (excludes halogenated alkanes) is 1. The first kappa shape index (κ1) is 14.4. The van der Waals surface area contributed by atoms with Crippen molar-refractivity contribution in [3.05, 3.63) is 0 Å². The number of rotatable bonds is 5. The largest absolute Gasteiger partial charge is 0.329 e. The maximum atomic E-state index is 12.4. The average Bonchev–Trinajstić information content (AvgIpc) is 2.84. The van der Waals surface area contributed by atoms with Crippen LogP contribution in [0, 0.1) is 5.92 Å². The topological polar surface area (TPSA) is 40.6 Å². The number of hydrogen-bond acceptors (Lipinski definition) is 2. The first-order chi connectivity index (χ1) is 9.02. The Hall–Kier alpha value is -1.06. The minimum Gasteiger partial charge on any atom is -0.329 e. The van der Waals surface area contributed by atoms with E-state index < -0.39 is 0 Å². The molecule has 2 amide bonds. The highest BCUT2D eigenvalue weighted by Crippen LogP contribution is 2.27. The fourth-order valence-corrected chi connectivity index (χ4v) is 3.18.